The molecule has 0 aromatic carbocycles. The van der Waals surface area contributed by atoms with Gasteiger partial charge in [-0.05, 0) is 33.4 Å². The molecule has 0 fully saturated rings. The van der Waals surface area contributed by atoms with Gasteiger partial charge in [0, 0.05) is 19.6 Å². The highest BCUT2D eigenvalue weighted by molar-refractivity contribution is 9.11. The summed E-state index contributed by atoms with van der Waals surface area (Å²) in [5, 5.41) is 4.10. The zero-order valence-electron chi connectivity index (χ0n) is 7.87. The van der Waals surface area contributed by atoms with E-state index in [1.807, 2.05) is 5.38 Å². The first-order valence-corrected chi connectivity index (χ1v) is 7.68. The van der Waals surface area contributed by atoms with Gasteiger partial charge in [-0.3, -0.25) is 0 Å². The van der Waals surface area contributed by atoms with Gasteiger partial charge in [0.05, 0.1) is 11.9 Å². The van der Waals surface area contributed by atoms with Crippen LogP contribution in [0.4, 0.5) is 0 Å². The Balaban J connectivity index is 2.28. The molecule has 0 spiro atoms. The Morgan fingerprint density at radius 1 is 1.40 bits per heavy atom. The third-order valence-electron chi connectivity index (χ3n) is 1.96. The normalized spacial score (nSPS) is 12.7. The van der Waals surface area contributed by atoms with Crippen molar-refractivity contribution in [1.29, 1.82) is 0 Å². The predicted molar refractivity (Wildman–Crippen MR) is 73.7 cm³/mol. The topological polar surface area (TPSA) is 9.23 Å². The first kappa shape index (κ1) is 11.6. The molecule has 5 heteroatoms. The van der Waals surface area contributed by atoms with Gasteiger partial charge in [-0.25, -0.2) is 0 Å². The van der Waals surface area contributed by atoms with E-state index in [2.05, 4.69) is 49.4 Å². The smallest absolute Gasteiger partial charge is 0.129 e. The van der Waals surface area contributed by atoms with E-state index in [9.17, 15) is 0 Å². The van der Waals surface area contributed by atoms with Crippen LogP contribution in [0.2, 0.25) is 0 Å². The van der Waals surface area contributed by atoms with Gasteiger partial charge in [-0.15, -0.1) is 22.7 Å². The summed E-state index contributed by atoms with van der Waals surface area (Å²) in [6.45, 7) is 0. The molecule has 0 bridgehead atoms. The molecule has 0 aliphatic carbocycles. The summed E-state index contributed by atoms with van der Waals surface area (Å²) in [5.74, 6) is 0.923. The number of methoxy groups -OCH3 is 1. The lowest BCUT2D eigenvalue weighted by Crippen LogP contribution is -1.86. The molecule has 1 atom stereocenters. The van der Waals surface area contributed by atoms with Crippen molar-refractivity contribution in [2.75, 3.05) is 7.11 Å². The first-order valence-electron chi connectivity index (χ1n) is 4.21. The Bertz CT molecular complexity index is 450. The molecule has 0 amide bonds. The van der Waals surface area contributed by atoms with Crippen LogP contribution in [0.25, 0.3) is 0 Å². The molecule has 0 radical (unpaired) electrons. The molecule has 15 heavy (non-hydrogen) atoms. The van der Waals surface area contributed by atoms with Crippen LogP contribution in [0.5, 0.6) is 5.75 Å². The van der Waals surface area contributed by atoms with Gasteiger partial charge in [0.2, 0.25) is 0 Å². The number of rotatable bonds is 3. The Morgan fingerprint density at radius 2 is 2.20 bits per heavy atom. The minimum Gasteiger partial charge on any atom is -0.496 e. The van der Waals surface area contributed by atoms with E-state index in [-0.39, 0.29) is 4.83 Å². The van der Waals surface area contributed by atoms with E-state index in [1.165, 1.54) is 9.75 Å². The van der Waals surface area contributed by atoms with Crippen LogP contribution < -0.4 is 4.74 Å². The fourth-order valence-electron chi connectivity index (χ4n) is 1.19. The predicted octanol–water partition coefficient (Wildman–Crippen LogP) is 5.07. The van der Waals surface area contributed by atoms with E-state index in [1.54, 1.807) is 29.8 Å². The molecule has 0 aliphatic rings. The van der Waals surface area contributed by atoms with Crippen LogP contribution in [0.15, 0.2) is 27.4 Å². The molecular weight excluding hydrogens is 360 g/mol. The SMILES string of the molecule is COc1csc(C(Br)c2sccc2Br)c1. The summed E-state index contributed by atoms with van der Waals surface area (Å²) in [6, 6.07) is 4.13. The van der Waals surface area contributed by atoms with Crippen molar-refractivity contribution in [3.63, 3.8) is 0 Å². The van der Waals surface area contributed by atoms with Crippen molar-refractivity contribution in [2.45, 2.75) is 4.83 Å². The molecule has 2 aromatic rings. The van der Waals surface area contributed by atoms with Gasteiger partial charge in [0.25, 0.3) is 0 Å². The highest BCUT2D eigenvalue weighted by atomic mass is 79.9. The van der Waals surface area contributed by atoms with E-state index >= 15 is 0 Å². The fourth-order valence-corrected chi connectivity index (χ4v) is 5.03. The minimum atomic E-state index is 0.251. The lowest BCUT2D eigenvalue weighted by Gasteiger charge is -2.05. The van der Waals surface area contributed by atoms with E-state index in [4.69, 9.17) is 4.74 Å². The van der Waals surface area contributed by atoms with Gasteiger partial charge >= 0.3 is 0 Å². The summed E-state index contributed by atoms with van der Waals surface area (Å²) in [5.41, 5.74) is 0. The molecule has 0 aliphatic heterocycles. The number of ether oxygens (including phenoxy) is 1. The summed E-state index contributed by atoms with van der Waals surface area (Å²) < 4.78 is 6.33. The van der Waals surface area contributed by atoms with Gasteiger partial charge in [0.1, 0.15) is 5.75 Å². The Morgan fingerprint density at radius 3 is 2.73 bits per heavy atom. The molecule has 0 saturated heterocycles. The van der Waals surface area contributed by atoms with Gasteiger partial charge < -0.3 is 4.74 Å². The zero-order chi connectivity index (χ0) is 10.8. The maximum Gasteiger partial charge on any atom is 0.129 e. The van der Waals surface area contributed by atoms with Crippen molar-refractivity contribution in [1.82, 2.24) is 0 Å². The number of halogens is 2. The van der Waals surface area contributed by atoms with Gasteiger partial charge in [-0.1, -0.05) is 15.9 Å². The Labute approximate surface area is 113 Å². The molecule has 0 saturated carbocycles. The third-order valence-corrected chi connectivity index (χ3v) is 6.42. The average Bonchev–Trinajstić information content (AvgIpc) is 2.84. The highest BCUT2D eigenvalue weighted by Crippen LogP contribution is 2.42. The van der Waals surface area contributed by atoms with Crippen molar-refractivity contribution in [3.8, 4) is 5.75 Å². The zero-order valence-corrected chi connectivity index (χ0v) is 12.7. The van der Waals surface area contributed by atoms with Crippen LogP contribution in [-0.4, -0.2) is 7.11 Å². The summed E-state index contributed by atoms with van der Waals surface area (Å²) >= 11 is 10.7. The lowest BCUT2D eigenvalue weighted by molar-refractivity contribution is 0.416. The van der Waals surface area contributed by atoms with Crippen molar-refractivity contribution < 1.29 is 4.74 Å². The molecule has 0 N–H and O–H groups in total. The average molecular weight is 368 g/mol. The molecule has 1 unspecified atom stereocenters. The van der Waals surface area contributed by atoms with Crippen LogP contribution in [-0.2, 0) is 0 Å². The second-order valence-corrected chi connectivity index (χ2v) is 6.54. The molecule has 80 valence electrons. The second-order valence-electron chi connectivity index (χ2n) is 2.88. The lowest BCUT2D eigenvalue weighted by atomic mass is 10.3. The molecule has 2 heterocycles. The monoisotopic (exact) mass is 366 g/mol. The van der Waals surface area contributed by atoms with Crippen LogP contribution in [0.3, 0.4) is 0 Å². The number of hydrogen-bond donors (Lipinski definition) is 0. The summed E-state index contributed by atoms with van der Waals surface area (Å²) in [4.78, 5) is 2.80. The Kier molecular flexibility index (Phi) is 3.88. The van der Waals surface area contributed by atoms with E-state index in [0.717, 1.165) is 10.2 Å². The third kappa shape index (κ3) is 2.46. The van der Waals surface area contributed by atoms with Crippen LogP contribution in [0, 0.1) is 0 Å². The van der Waals surface area contributed by atoms with Crippen LogP contribution >= 0.6 is 54.5 Å². The minimum absolute atomic E-state index is 0.251. The van der Waals surface area contributed by atoms with E-state index in [0.29, 0.717) is 0 Å². The highest BCUT2D eigenvalue weighted by Gasteiger charge is 2.16. The molecular formula is C10H8Br2OS2. The van der Waals surface area contributed by atoms with Crippen molar-refractivity contribution in [3.05, 3.63) is 37.1 Å². The molecule has 1 nitrogen and oxygen atoms in total. The fraction of sp³-hybridized carbons (Fsp3) is 0.200. The van der Waals surface area contributed by atoms with Crippen LogP contribution in [0.1, 0.15) is 14.6 Å². The molecule has 2 aromatic heterocycles. The van der Waals surface area contributed by atoms with Gasteiger partial charge in [0.15, 0.2) is 0 Å². The maximum atomic E-state index is 5.17. The Hall–Kier alpha value is 0.160. The second kappa shape index (κ2) is 4.99. The number of hydrogen-bond acceptors (Lipinski definition) is 3. The van der Waals surface area contributed by atoms with Crippen molar-refractivity contribution >= 4 is 54.5 Å². The number of thiophene rings is 2. The molecule has 2 rings (SSSR count). The largest absolute Gasteiger partial charge is 0.496 e. The maximum absolute atomic E-state index is 5.17. The standard InChI is InChI=1S/C10H8Br2OS2/c1-13-6-4-8(15-5-6)9(12)10-7(11)2-3-14-10/h2-5,9H,1H3. The van der Waals surface area contributed by atoms with Crippen molar-refractivity contribution in [2.24, 2.45) is 0 Å². The first-order chi connectivity index (χ1) is 7.22. The summed E-state index contributed by atoms with van der Waals surface area (Å²) in [7, 11) is 1.69. The number of alkyl halides is 1. The summed E-state index contributed by atoms with van der Waals surface area (Å²) in [6.07, 6.45) is 0. The van der Waals surface area contributed by atoms with E-state index < -0.39 is 0 Å². The quantitative estimate of drug-likeness (QED) is 0.688. The van der Waals surface area contributed by atoms with Gasteiger partial charge in [-0.2, -0.15) is 0 Å².